The van der Waals surface area contributed by atoms with E-state index >= 15 is 0 Å². The third-order valence-electron chi connectivity index (χ3n) is 1.64. The van der Waals surface area contributed by atoms with Crippen molar-refractivity contribution in [1.29, 1.82) is 0 Å². The summed E-state index contributed by atoms with van der Waals surface area (Å²) in [6.45, 7) is 0. The van der Waals surface area contributed by atoms with Crippen molar-refractivity contribution >= 4 is 44.8 Å². The maximum Gasteiger partial charge on any atom is 0.359 e. The molecule has 0 aliphatic carbocycles. The fraction of sp³-hybridized carbons (Fsp3) is 0. The van der Waals surface area contributed by atoms with E-state index < -0.39 is 5.97 Å². The summed E-state index contributed by atoms with van der Waals surface area (Å²) >= 11 is 10.5. The number of carbonyl (C=O) groups is 1. The Hall–Kier alpha value is -0.850. The van der Waals surface area contributed by atoms with Gasteiger partial charge >= 0.3 is 5.97 Å². The third-order valence-corrected chi connectivity index (χ3v) is 3.61. The Morgan fingerprint density at radius 1 is 1.60 bits per heavy atom. The van der Waals surface area contributed by atoms with Gasteiger partial charge in [0.2, 0.25) is 5.69 Å². The molecule has 0 atom stereocenters. The molecule has 0 radical (unpaired) electrons. The van der Waals surface area contributed by atoms with E-state index in [0.29, 0.717) is 0 Å². The van der Waals surface area contributed by atoms with E-state index in [9.17, 15) is 4.79 Å². The van der Waals surface area contributed by atoms with Gasteiger partial charge in [-0.15, -0.1) is 11.3 Å². The van der Waals surface area contributed by atoms with E-state index in [1.165, 1.54) is 11.3 Å². The largest absolute Gasteiger partial charge is 0.476 e. The second-order valence-corrected chi connectivity index (χ2v) is 5.42. The number of aromatic carboxylic acids is 1. The second-order valence-electron chi connectivity index (χ2n) is 2.58. The standard InChI is InChI=1S/C8H3BrClNO3S/c9-4-2-1-3(15-4)7-5(10)6(8(12)13)11-14-7/h1-2H,(H,12,13). The van der Waals surface area contributed by atoms with E-state index in [1.54, 1.807) is 6.07 Å². The van der Waals surface area contributed by atoms with Crippen LogP contribution in [0.2, 0.25) is 5.02 Å². The van der Waals surface area contributed by atoms with Gasteiger partial charge in [0.1, 0.15) is 5.02 Å². The number of thiophene rings is 1. The zero-order valence-electron chi connectivity index (χ0n) is 7.03. The van der Waals surface area contributed by atoms with Crippen molar-refractivity contribution in [2.24, 2.45) is 0 Å². The Balaban J connectivity index is 2.50. The van der Waals surface area contributed by atoms with Crippen molar-refractivity contribution in [3.8, 4) is 10.6 Å². The highest BCUT2D eigenvalue weighted by atomic mass is 79.9. The van der Waals surface area contributed by atoms with Gasteiger partial charge in [-0.25, -0.2) is 4.79 Å². The van der Waals surface area contributed by atoms with Crippen LogP contribution in [0.4, 0.5) is 0 Å². The van der Waals surface area contributed by atoms with Crippen molar-refractivity contribution in [3.63, 3.8) is 0 Å². The van der Waals surface area contributed by atoms with E-state index in [2.05, 4.69) is 21.1 Å². The molecule has 2 aromatic rings. The van der Waals surface area contributed by atoms with Crippen LogP contribution in [0.1, 0.15) is 10.5 Å². The molecule has 0 unspecified atom stereocenters. The fourth-order valence-corrected chi connectivity index (χ4v) is 2.68. The molecule has 0 fully saturated rings. The van der Waals surface area contributed by atoms with Gasteiger partial charge in [-0.05, 0) is 28.1 Å². The lowest BCUT2D eigenvalue weighted by Gasteiger charge is -1.88. The summed E-state index contributed by atoms with van der Waals surface area (Å²) in [5.41, 5.74) is -0.267. The van der Waals surface area contributed by atoms with Crippen LogP contribution in [0.15, 0.2) is 20.4 Å². The molecule has 78 valence electrons. The van der Waals surface area contributed by atoms with Gasteiger partial charge in [-0.2, -0.15) is 0 Å². The van der Waals surface area contributed by atoms with Crippen LogP contribution < -0.4 is 0 Å². The van der Waals surface area contributed by atoms with Crippen molar-refractivity contribution in [3.05, 3.63) is 26.6 Å². The van der Waals surface area contributed by atoms with E-state index in [0.717, 1.165) is 8.66 Å². The molecule has 2 aromatic heterocycles. The minimum atomic E-state index is -1.20. The molecular weight excluding hydrogens is 306 g/mol. The van der Waals surface area contributed by atoms with Gasteiger partial charge in [0.15, 0.2) is 5.76 Å². The fourth-order valence-electron chi connectivity index (χ4n) is 1.00. The molecule has 2 heterocycles. The summed E-state index contributed by atoms with van der Waals surface area (Å²) in [7, 11) is 0. The molecule has 7 heteroatoms. The summed E-state index contributed by atoms with van der Waals surface area (Å²) in [5.74, 6) is -0.921. The number of aromatic nitrogens is 1. The Kier molecular flexibility index (Phi) is 2.81. The lowest BCUT2D eigenvalue weighted by atomic mass is 10.3. The zero-order valence-corrected chi connectivity index (χ0v) is 10.2. The number of rotatable bonds is 2. The maximum absolute atomic E-state index is 10.7. The van der Waals surface area contributed by atoms with Gasteiger partial charge in [0.25, 0.3) is 0 Å². The number of nitrogens with zero attached hydrogens (tertiary/aromatic N) is 1. The van der Waals surface area contributed by atoms with Gasteiger partial charge in [0.05, 0.1) is 8.66 Å². The van der Waals surface area contributed by atoms with Gasteiger partial charge < -0.3 is 9.63 Å². The van der Waals surface area contributed by atoms with Crippen LogP contribution in [-0.4, -0.2) is 16.2 Å². The topological polar surface area (TPSA) is 63.3 Å². The third kappa shape index (κ3) is 1.92. The van der Waals surface area contributed by atoms with Crippen molar-refractivity contribution in [2.45, 2.75) is 0 Å². The molecule has 0 amide bonds. The highest BCUT2D eigenvalue weighted by Crippen LogP contribution is 2.36. The van der Waals surface area contributed by atoms with Gasteiger partial charge in [-0.3, -0.25) is 0 Å². The summed E-state index contributed by atoms with van der Waals surface area (Å²) in [6.07, 6.45) is 0. The van der Waals surface area contributed by atoms with Crippen LogP contribution in [0, 0.1) is 0 Å². The predicted octanol–water partition coefficient (Wildman–Crippen LogP) is 3.52. The van der Waals surface area contributed by atoms with Crippen molar-refractivity contribution < 1.29 is 14.4 Å². The lowest BCUT2D eigenvalue weighted by molar-refractivity contribution is 0.0686. The normalized spacial score (nSPS) is 10.5. The monoisotopic (exact) mass is 307 g/mol. The van der Waals surface area contributed by atoms with Crippen molar-refractivity contribution in [1.82, 2.24) is 5.16 Å². The highest BCUT2D eigenvalue weighted by molar-refractivity contribution is 9.11. The number of hydrogen-bond donors (Lipinski definition) is 1. The van der Waals surface area contributed by atoms with E-state index in [4.69, 9.17) is 21.2 Å². The number of hydrogen-bond acceptors (Lipinski definition) is 4. The Morgan fingerprint density at radius 2 is 2.33 bits per heavy atom. The molecule has 0 saturated heterocycles. The Bertz CT molecular complexity index is 522. The minimum absolute atomic E-state index is 0.0249. The molecule has 0 aliphatic heterocycles. The molecule has 0 bridgehead atoms. The summed E-state index contributed by atoms with van der Waals surface area (Å²) in [6, 6.07) is 3.59. The lowest BCUT2D eigenvalue weighted by Crippen LogP contribution is -1.96. The quantitative estimate of drug-likeness (QED) is 0.922. The van der Waals surface area contributed by atoms with E-state index in [1.807, 2.05) is 6.07 Å². The highest BCUT2D eigenvalue weighted by Gasteiger charge is 2.21. The number of halogens is 2. The SMILES string of the molecule is O=C(O)c1noc(-c2ccc(Br)s2)c1Cl. The molecule has 15 heavy (non-hydrogen) atoms. The molecule has 0 saturated carbocycles. The predicted molar refractivity (Wildman–Crippen MR) is 59.5 cm³/mol. The Labute approximate surface area is 102 Å². The number of carboxylic acids is 1. The first-order chi connectivity index (χ1) is 7.09. The molecule has 4 nitrogen and oxygen atoms in total. The summed E-state index contributed by atoms with van der Waals surface area (Å²) < 4.78 is 5.79. The average molecular weight is 309 g/mol. The molecule has 1 N–H and O–H groups in total. The van der Waals surface area contributed by atoms with Gasteiger partial charge in [-0.1, -0.05) is 16.8 Å². The Morgan fingerprint density at radius 3 is 2.80 bits per heavy atom. The van der Waals surface area contributed by atoms with E-state index in [-0.39, 0.29) is 16.5 Å². The zero-order chi connectivity index (χ0) is 11.0. The number of carboxylic acid groups (broad SMARTS) is 1. The van der Waals surface area contributed by atoms with Gasteiger partial charge in [0, 0.05) is 0 Å². The second kappa shape index (κ2) is 3.96. The summed E-state index contributed by atoms with van der Waals surface area (Å²) in [5, 5.41) is 12.1. The summed E-state index contributed by atoms with van der Waals surface area (Å²) in [4.78, 5) is 11.4. The van der Waals surface area contributed by atoms with Crippen molar-refractivity contribution in [2.75, 3.05) is 0 Å². The van der Waals surface area contributed by atoms with Crippen LogP contribution >= 0.6 is 38.9 Å². The molecule has 0 aromatic carbocycles. The van der Waals surface area contributed by atoms with Crippen LogP contribution in [-0.2, 0) is 0 Å². The molecule has 0 aliphatic rings. The van der Waals surface area contributed by atoms with Crippen LogP contribution in [0.25, 0.3) is 10.6 Å². The molecule has 2 rings (SSSR count). The smallest absolute Gasteiger partial charge is 0.359 e. The maximum atomic E-state index is 10.7. The van der Waals surface area contributed by atoms with Crippen LogP contribution in [0.5, 0.6) is 0 Å². The first-order valence-electron chi connectivity index (χ1n) is 3.73. The first-order valence-corrected chi connectivity index (χ1v) is 5.72. The minimum Gasteiger partial charge on any atom is -0.476 e. The van der Waals surface area contributed by atoms with Crippen LogP contribution in [0.3, 0.4) is 0 Å². The first kappa shape index (κ1) is 10.7. The average Bonchev–Trinajstić information content (AvgIpc) is 2.71. The molecule has 0 spiro atoms. The molecular formula is C8H3BrClNO3S.